The van der Waals surface area contributed by atoms with Gasteiger partial charge in [-0.1, -0.05) is 35.0 Å². The van der Waals surface area contributed by atoms with E-state index in [9.17, 15) is 9.59 Å². The van der Waals surface area contributed by atoms with Gasteiger partial charge >= 0.3 is 5.97 Å². The van der Waals surface area contributed by atoms with Crippen molar-refractivity contribution >= 4 is 34.8 Å². The molecule has 3 rings (SSSR count). The van der Waals surface area contributed by atoms with E-state index in [4.69, 9.17) is 20.9 Å². The minimum atomic E-state index is -0.609. The Hall–Kier alpha value is -2.71. The van der Waals surface area contributed by atoms with Gasteiger partial charge in [0.1, 0.15) is 6.54 Å². The maximum Gasteiger partial charge on any atom is 0.325 e. The van der Waals surface area contributed by atoms with Crippen LogP contribution in [0, 0.1) is 0 Å². The molecule has 0 aliphatic rings. The van der Waals surface area contributed by atoms with Gasteiger partial charge in [-0.05, 0) is 23.6 Å². The van der Waals surface area contributed by atoms with E-state index in [-0.39, 0.29) is 24.9 Å². The number of amides is 1. The molecule has 2 aromatic heterocycles. The molecule has 0 unspecified atom stereocenters. The van der Waals surface area contributed by atoms with Gasteiger partial charge in [-0.15, -0.1) is 11.3 Å². The number of thiophene rings is 1. The Balaban J connectivity index is 1.50. The Morgan fingerprint density at radius 2 is 2.08 bits per heavy atom. The zero-order valence-electron chi connectivity index (χ0n) is 12.8. The molecule has 7 nitrogen and oxygen atoms in total. The third-order valence-corrected chi connectivity index (χ3v) is 4.28. The molecule has 1 aromatic carbocycles. The fourth-order valence-corrected chi connectivity index (χ4v) is 2.77. The molecule has 0 fully saturated rings. The number of carbonyl (C=O) groups is 2. The molecule has 9 heteroatoms. The first-order chi connectivity index (χ1) is 12.1. The Bertz CT molecular complexity index is 879. The summed E-state index contributed by atoms with van der Waals surface area (Å²) in [5.74, 6) is -0.497. The lowest BCUT2D eigenvalue weighted by Gasteiger charge is -2.03. The van der Waals surface area contributed by atoms with E-state index in [1.165, 1.54) is 11.3 Å². The predicted octanol–water partition coefficient (Wildman–Crippen LogP) is 2.92. The highest BCUT2D eigenvalue weighted by atomic mass is 35.5. The van der Waals surface area contributed by atoms with Gasteiger partial charge in [0.05, 0.1) is 9.90 Å². The van der Waals surface area contributed by atoms with Crippen molar-refractivity contribution < 1.29 is 18.8 Å². The molecule has 0 radical (unpaired) electrons. The smallest absolute Gasteiger partial charge is 0.325 e. The van der Waals surface area contributed by atoms with Crippen molar-refractivity contribution in [2.24, 2.45) is 0 Å². The predicted molar refractivity (Wildman–Crippen MR) is 91.2 cm³/mol. The van der Waals surface area contributed by atoms with Crippen LogP contribution in [0.25, 0.3) is 11.4 Å². The van der Waals surface area contributed by atoms with E-state index >= 15 is 0 Å². The first kappa shape index (κ1) is 17.1. The van der Waals surface area contributed by atoms with Crippen molar-refractivity contribution in [3.8, 4) is 11.4 Å². The maximum atomic E-state index is 11.7. The van der Waals surface area contributed by atoms with Crippen LogP contribution in [-0.2, 0) is 16.1 Å². The number of nitrogens with one attached hydrogen (secondary N) is 1. The van der Waals surface area contributed by atoms with Crippen LogP contribution in [-0.4, -0.2) is 28.6 Å². The van der Waals surface area contributed by atoms with Gasteiger partial charge in [-0.3, -0.25) is 9.59 Å². The maximum absolute atomic E-state index is 11.7. The van der Waals surface area contributed by atoms with Crippen molar-refractivity contribution in [1.82, 2.24) is 15.5 Å². The Kier molecular flexibility index (Phi) is 5.42. The molecule has 25 heavy (non-hydrogen) atoms. The summed E-state index contributed by atoms with van der Waals surface area (Å²) >= 11 is 7.35. The van der Waals surface area contributed by atoms with Crippen LogP contribution in [0.4, 0.5) is 0 Å². The molecule has 3 aromatic rings. The second-order valence-corrected chi connectivity index (χ2v) is 6.17. The van der Waals surface area contributed by atoms with E-state index < -0.39 is 5.97 Å². The fourth-order valence-electron chi connectivity index (χ4n) is 1.91. The molecule has 0 saturated carbocycles. The van der Waals surface area contributed by atoms with Gasteiger partial charge in [0.15, 0.2) is 6.61 Å². The highest BCUT2D eigenvalue weighted by Crippen LogP contribution is 2.24. The fraction of sp³-hybridized carbons (Fsp3) is 0.125. The molecule has 0 saturated heterocycles. The largest absolute Gasteiger partial charge is 0.454 e. The highest BCUT2D eigenvalue weighted by molar-refractivity contribution is 7.12. The molecule has 0 aliphatic heterocycles. The van der Waals surface area contributed by atoms with E-state index in [1.54, 1.807) is 41.8 Å². The number of ether oxygens (including phenoxy) is 1. The summed E-state index contributed by atoms with van der Waals surface area (Å²) in [6.45, 7) is -0.437. The SMILES string of the molecule is O=C(CNC(=O)c1cccs1)OCc1nc(-c2ccccc2Cl)no1. The minimum absolute atomic E-state index is 0.132. The number of halogens is 1. The van der Waals surface area contributed by atoms with Crippen LogP contribution >= 0.6 is 22.9 Å². The van der Waals surface area contributed by atoms with Gasteiger partial charge in [0, 0.05) is 5.56 Å². The first-order valence-corrected chi connectivity index (χ1v) is 8.44. The Labute approximate surface area is 151 Å². The van der Waals surface area contributed by atoms with Gasteiger partial charge in [0.25, 0.3) is 11.8 Å². The van der Waals surface area contributed by atoms with Crippen LogP contribution in [0.5, 0.6) is 0 Å². The van der Waals surface area contributed by atoms with Crippen molar-refractivity contribution in [1.29, 1.82) is 0 Å². The van der Waals surface area contributed by atoms with Crippen molar-refractivity contribution in [3.05, 3.63) is 57.6 Å². The van der Waals surface area contributed by atoms with E-state index in [0.29, 0.717) is 21.3 Å². The normalized spacial score (nSPS) is 10.4. The lowest BCUT2D eigenvalue weighted by atomic mass is 10.2. The van der Waals surface area contributed by atoms with E-state index in [0.717, 1.165) is 0 Å². The summed E-state index contributed by atoms with van der Waals surface area (Å²) in [5.41, 5.74) is 0.619. The standard InChI is InChI=1S/C16H12ClN3O4S/c17-11-5-2-1-4-10(11)15-19-13(24-20-15)9-23-14(21)8-18-16(22)12-6-3-7-25-12/h1-7H,8-9H2,(H,18,22). The molecule has 1 N–H and O–H groups in total. The van der Waals surface area contributed by atoms with Crippen LogP contribution in [0.2, 0.25) is 5.02 Å². The summed E-state index contributed by atoms with van der Waals surface area (Å²) in [6, 6.07) is 10.5. The lowest BCUT2D eigenvalue weighted by Crippen LogP contribution is -2.30. The quantitative estimate of drug-likeness (QED) is 0.664. The van der Waals surface area contributed by atoms with Crippen LogP contribution in [0.3, 0.4) is 0 Å². The third-order valence-electron chi connectivity index (χ3n) is 3.08. The second-order valence-electron chi connectivity index (χ2n) is 4.81. The third kappa shape index (κ3) is 4.43. The topological polar surface area (TPSA) is 94.3 Å². The number of aromatic nitrogens is 2. The monoisotopic (exact) mass is 377 g/mol. The summed E-state index contributed by atoms with van der Waals surface area (Å²) in [4.78, 5) is 28.0. The number of benzene rings is 1. The molecule has 0 atom stereocenters. The number of hydrogen-bond acceptors (Lipinski definition) is 7. The van der Waals surface area contributed by atoms with Gasteiger partial charge in [0.2, 0.25) is 5.82 Å². The van der Waals surface area contributed by atoms with Crippen LogP contribution in [0.15, 0.2) is 46.3 Å². The van der Waals surface area contributed by atoms with Crippen LogP contribution < -0.4 is 5.32 Å². The molecular formula is C16H12ClN3O4S. The molecule has 0 spiro atoms. The highest BCUT2D eigenvalue weighted by Gasteiger charge is 2.14. The second kappa shape index (κ2) is 7.91. The van der Waals surface area contributed by atoms with E-state index in [1.807, 2.05) is 0 Å². The van der Waals surface area contributed by atoms with Gasteiger partial charge in [-0.2, -0.15) is 4.98 Å². The number of carbonyl (C=O) groups excluding carboxylic acids is 2. The first-order valence-electron chi connectivity index (χ1n) is 7.18. The van der Waals surface area contributed by atoms with Gasteiger partial charge < -0.3 is 14.6 Å². The lowest BCUT2D eigenvalue weighted by molar-refractivity contribution is -0.144. The number of hydrogen-bond donors (Lipinski definition) is 1. The Morgan fingerprint density at radius 1 is 1.24 bits per heavy atom. The molecule has 0 aliphatic carbocycles. The number of nitrogens with zero attached hydrogens (tertiary/aromatic N) is 2. The van der Waals surface area contributed by atoms with Gasteiger partial charge in [-0.25, -0.2) is 0 Å². The Morgan fingerprint density at radius 3 is 2.84 bits per heavy atom. The molecule has 128 valence electrons. The summed E-state index contributed by atoms with van der Waals surface area (Å²) < 4.78 is 10.0. The molecule has 1 amide bonds. The van der Waals surface area contributed by atoms with Crippen LogP contribution in [0.1, 0.15) is 15.6 Å². The number of esters is 1. The van der Waals surface area contributed by atoms with Crippen molar-refractivity contribution in [3.63, 3.8) is 0 Å². The van der Waals surface area contributed by atoms with E-state index in [2.05, 4.69) is 15.5 Å². The number of rotatable bonds is 6. The van der Waals surface area contributed by atoms with Crippen molar-refractivity contribution in [2.75, 3.05) is 6.54 Å². The zero-order chi connectivity index (χ0) is 17.6. The summed E-state index contributed by atoms with van der Waals surface area (Å²) in [6.07, 6.45) is 0. The average molecular weight is 378 g/mol. The van der Waals surface area contributed by atoms with Crippen molar-refractivity contribution in [2.45, 2.75) is 6.61 Å². The zero-order valence-corrected chi connectivity index (χ0v) is 14.3. The molecule has 2 heterocycles. The minimum Gasteiger partial charge on any atom is -0.454 e. The molecular weight excluding hydrogens is 366 g/mol. The summed E-state index contributed by atoms with van der Waals surface area (Å²) in [5, 5.41) is 8.54. The average Bonchev–Trinajstić information content (AvgIpc) is 3.30. The summed E-state index contributed by atoms with van der Waals surface area (Å²) in [7, 11) is 0. The molecule has 0 bridgehead atoms.